The fraction of sp³-hybridized carbons (Fsp3) is 0.750. The molecule has 7 nitrogen and oxygen atoms in total. The van der Waals surface area contributed by atoms with Crippen molar-refractivity contribution in [1.82, 2.24) is 14.7 Å². The van der Waals surface area contributed by atoms with Crippen LogP contribution in [-0.2, 0) is 9.47 Å². The maximum absolute atomic E-state index is 12.2. The van der Waals surface area contributed by atoms with Gasteiger partial charge >= 0.3 is 6.09 Å². The molecule has 1 aliphatic heterocycles. The van der Waals surface area contributed by atoms with Gasteiger partial charge in [-0.05, 0) is 55.5 Å². The van der Waals surface area contributed by atoms with Crippen LogP contribution in [0.4, 0.5) is 4.79 Å². The summed E-state index contributed by atoms with van der Waals surface area (Å²) in [5, 5.41) is 14.9. The van der Waals surface area contributed by atoms with Crippen molar-refractivity contribution in [3.63, 3.8) is 0 Å². The summed E-state index contributed by atoms with van der Waals surface area (Å²) in [4.78, 5) is 13.9. The van der Waals surface area contributed by atoms with Gasteiger partial charge in [0.2, 0.25) is 0 Å². The summed E-state index contributed by atoms with van der Waals surface area (Å²) in [6, 6.07) is -0.380. The van der Waals surface area contributed by atoms with E-state index in [9.17, 15) is 9.90 Å². The number of aromatic nitrogens is 2. The highest BCUT2D eigenvalue weighted by molar-refractivity contribution is 9.10. The fourth-order valence-electron chi connectivity index (χ4n) is 2.97. The van der Waals surface area contributed by atoms with Gasteiger partial charge in [-0.15, -0.1) is 0 Å². The molecule has 0 aromatic carbocycles. The summed E-state index contributed by atoms with van der Waals surface area (Å²) in [5.74, 6) is 0.0940. The van der Waals surface area contributed by atoms with Gasteiger partial charge in [-0.25, -0.2) is 4.79 Å². The third kappa shape index (κ3) is 5.32. The molecule has 2 atom stereocenters. The van der Waals surface area contributed by atoms with Crippen LogP contribution >= 0.6 is 27.5 Å². The van der Waals surface area contributed by atoms with Crippen molar-refractivity contribution in [2.45, 2.75) is 51.5 Å². The van der Waals surface area contributed by atoms with Crippen LogP contribution in [0.5, 0.6) is 0 Å². The van der Waals surface area contributed by atoms with Crippen molar-refractivity contribution in [3.8, 4) is 0 Å². The normalized spacial score (nSPS) is 18.9. The molecular formula is C16H25BrClN3O4. The summed E-state index contributed by atoms with van der Waals surface area (Å²) in [6.45, 7) is 6.66. The second-order valence-electron chi connectivity index (χ2n) is 7.17. The molecule has 9 heteroatoms. The maximum Gasteiger partial charge on any atom is 0.410 e. The molecule has 0 saturated carbocycles. The van der Waals surface area contributed by atoms with Crippen molar-refractivity contribution in [1.29, 1.82) is 0 Å². The third-order valence-electron chi connectivity index (χ3n) is 4.16. The third-order valence-corrected chi connectivity index (χ3v) is 5.25. The molecule has 1 aromatic rings. The predicted molar refractivity (Wildman–Crippen MR) is 97.5 cm³/mol. The van der Waals surface area contributed by atoms with Crippen LogP contribution in [-0.4, -0.2) is 58.0 Å². The van der Waals surface area contributed by atoms with Crippen molar-refractivity contribution >= 4 is 33.6 Å². The number of aliphatic hydroxyl groups excluding tert-OH is 1. The molecule has 1 fully saturated rings. The molecule has 1 aromatic heterocycles. The number of amides is 1. The largest absolute Gasteiger partial charge is 0.444 e. The van der Waals surface area contributed by atoms with Crippen LogP contribution in [0, 0.1) is 5.92 Å². The van der Waals surface area contributed by atoms with E-state index in [-0.39, 0.29) is 18.1 Å². The summed E-state index contributed by atoms with van der Waals surface area (Å²) < 4.78 is 12.9. The highest BCUT2D eigenvalue weighted by Crippen LogP contribution is 2.34. The summed E-state index contributed by atoms with van der Waals surface area (Å²) in [5.41, 5.74) is -0.513. The molecule has 2 unspecified atom stereocenters. The van der Waals surface area contributed by atoms with Crippen LogP contribution in [0.15, 0.2) is 10.7 Å². The van der Waals surface area contributed by atoms with Crippen LogP contribution in [0.25, 0.3) is 0 Å². The number of likely N-dealkylation sites (tertiary alicyclic amines) is 1. The van der Waals surface area contributed by atoms with Crippen molar-refractivity contribution in [2.75, 3.05) is 20.2 Å². The first kappa shape index (κ1) is 20.5. The number of hydrogen-bond acceptors (Lipinski definition) is 5. The van der Waals surface area contributed by atoms with Crippen molar-refractivity contribution in [3.05, 3.63) is 15.8 Å². The Kier molecular flexibility index (Phi) is 6.75. The molecular weight excluding hydrogens is 414 g/mol. The SMILES string of the molecule is COC(O)C(C1CCN(C(=O)OC(C)(C)C)CC1)n1cc(Br)c(Cl)n1. The maximum atomic E-state index is 12.2. The van der Waals surface area contributed by atoms with Crippen LogP contribution < -0.4 is 0 Å². The molecule has 142 valence electrons. The van der Waals surface area contributed by atoms with Gasteiger partial charge in [0.05, 0.1) is 4.47 Å². The van der Waals surface area contributed by atoms with E-state index in [1.54, 1.807) is 15.8 Å². The van der Waals surface area contributed by atoms with E-state index in [1.165, 1.54) is 7.11 Å². The van der Waals surface area contributed by atoms with Crippen LogP contribution in [0.2, 0.25) is 5.15 Å². The summed E-state index contributed by atoms with van der Waals surface area (Å²) in [7, 11) is 1.45. The molecule has 1 saturated heterocycles. The van der Waals surface area contributed by atoms with E-state index in [2.05, 4.69) is 21.0 Å². The number of rotatable bonds is 4. The van der Waals surface area contributed by atoms with Gasteiger partial charge < -0.3 is 19.5 Å². The number of halogens is 2. The average molecular weight is 439 g/mol. The number of carbonyl (C=O) groups is 1. The highest BCUT2D eigenvalue weighted by Gasteiger charge is 2.36. The smallest absolute Gasteiger partial charge is 0.410 e. The minimum absolute atomic E-state index is 0.0940. The molecule has 1 aliphatic rings. The topological polar surface area (TPSA) is 76.8 Å². The standard InChI is InChI=1S/C16H25BrClN3O4/c1-16(2,3)25-15(23)20-7-5-10(6-8-20)12(14(22)24-4)21-9-11(17)13(18)19-21/h9-10,12,14,22H,5-8H2,1-4H3. The number of methoxy groups -OCH3 is 1. The zero-order chi connectivity index (χ0) is 18.8. The lowest BCUT2D eigenvalue weighted by atomic mass is 9.89. The van der Waals surface area contributed by atoms with Gasteiger partial charge in [0.15, 0.2) is 11.4 Å². The number of hydrogen-bond donors (Lipinski definition) is 1. The van der Waals surface area contributed by atoms with E-state index in [0.29, 0.717) is 35.6 Å². The Bertz CT molecular complexity index is 577. The molecule has 2 rings (SSSR count). The lowest BCUT2D eigenvalue weighted by Crippen LogP contribution is -2.44. The summed E-state index contributed by atoms with van der Waals surface area (Å²) >= 11 is 9.34. The van der Waals surface area contributed by atoms with E-state index in [1.807, 2.05) is 20.8 Å². The quantitative estimate of drug-likeness (QED) is 0.729. The van der Waals surface area contributed by atoms with E-state index in [4.69, 9.17) is 21.1 Å². The van der Waals surface area contributed by atoms with E-state index in [0.717, 1.165) is 0 Å². The van der Waals surface area contributed by atoms with Crippen molar-refractivity contribution < 1.29 is 19.4 Å². The minimum atomic E-state index is -1.01. The Morgan fingerprint density at radius 2 is 2.04 bits per heavy atom. The Labute approximate surface area is 161 Å². The molecule has 0 radical (unpaired) electrons. The molecule has 1 amide bonds. The molecule has 0 aliphatic carbocycles. The number of carbonyl (C=O) groups excluding carboxylic acids is 1. The first-order valence-corrected chi connectivity index (χ1v) is 9.38. The Balaban J connectivity index is 2.06. The van der Waals surface area contributed by atoms with Gasteiger partial charge in [-0.1, -0.05) is 11.6 Å². The van der Waals surface area contributed by atoms with Crippen molar-refractivity contribution in [2.24, 2.45) is 5.92 Å². The first-order chi connectivity index (χ1) is 11.6. The van der Waals surface area contributed by atoms with Crippen LogP contribution in [0.3, 0.4) is 0 Å². The number of piperidine rings is 1. The molecule has 25 heavy (non-hydrogen) atoms. The van der Waals surface area contributed by atoms with E-state index < -0.39 is 11.9 Å². The number of nitrogens with zero attached hydrogens (tertiary/aromatic N) is 3. The second-order valence-corrected chi connectivity index (χ2v) is 8.38. The number of aliphatic hydroxyl groups is 1. The molecule has 1 N–H and O–H groups in total. The van der Waals surface area contributed by atoms with Gasteiger partial charge in [-0.2, -0.15) is 5.10 Å². The van der Waals surface area contributed by atoms with E-state index >= 15 is 0 Å². The zero-order valence-electron chi connectivity index (χ0n) is 14.9. The van der Waals surface area contributed by atoms with Gasteiger partial charge in [0.1, 0.15) is 11.6 Å². The van der Waals surface area contributed by atoms with Gasteiger partial charge in [-0.3, -0.25) is 4.68 Å². The first-order valence-electron chi connectivity index (χ1n) is 8.21. The predicted octanol–water partition coefficient (Wildman–Crippen LogP) is 3.45. The fourth-order valence-corrected chi connectivity index (χ4v) is 3.39. The highest BCUT2D eigenvalue weighted by atomic mass is 79.9. The van der Waals surface area contributed by atoms with Gasteiger partial charge in [0.25, 0.3) is 0 Å². The lowest BCUT2D eigenvalue weighted by Gasteiger charge is -2.37. The van der Waals surface area contributed by atoms with Crippen LogP contribution in [0.1, 0.15) is 39.7 Å². The summed E-state index contributed by atoms with van der Waals surface area (Å²) in [6.07, 6.45) is 1.83. The lowest BCUT2D eigenvalue weighted by molar-refractivity contribution is -0.127. The average Bonchev–Trinajstić information content (AvgIpc) is 2.85. The van der Waals surface area contributed by atoms with Gasteiger partial charge in [0, 0.05) is 26.4 Å². The monoisotopic (exact) mass is 437 g/mol. The Morgan fingerprint density at radius 3 is 2.48 bits per heavy atom. The molecule has 0 spiro atoms. The molecule has 0 bridgehead atoms. The minimum Gasteiger partial charge on any atom is -0.444 e. The second kappa shape index (κ2) is 8.24. The zero-order valence-corrected chi connectivity index (χ0v) is 17.2. The number of ether oxygens (including phenoxy) is 2. The molecule has 2 heterocycles. The Hall–Kier alpha value is -0.830. The Morgan fingerprint density at radius 1 is 1.44 bits per heavy atom.